The van der Waals surface area contributed by atoms with Crippen molar-refractivity contribution < 1.29 is 19.1 Å². The van der Waals surface area contributed by atoms with Gasteiger partial charge in [0.2, 0.25) is 5.91 Å². The average molecular weight is 254 g/mol. The van der Waals surface area contributed by atoms with Gasteiger partial charge in [0.15, 0.2) is 0 Å². The van der Waals surface area contributed by atoms with E-state index in [9.17, 15) is 14.0 Å². The van der Waals surface area contributed by atoms with Crippen LogP contribution in [0.25, 0.3) is 0 Å². The lowest BCUT2D eigenvalue weighted by atomic mass is 10.1. The van der Waals surface area contributed by atoms with Gasteiger partial charge in [0.25, 0.3) is 0 Å². The molecule has 3 N–H and O–H groups in total. The number of carboxylic acid groups (broad SMARTS) is 1. The number of carbonyl (C=O) groups excluding carboxylic acids is 1. The number of hydrogen-bond acceptors (Lipinski definition) is 3. The van der Waals surface area contributed by atoms with Crippen molar-refractivity contribution in [2.45, 2.75) is 13.0 Å². The Morgan fingerprint density at radius 3 is 2.56 bits per heavy atom. The highest BCUT2D eigenvalue weighted by molar-refractivity contribution is 5.75. The number of carbonyl (C=O) groups is 2. The zero-order valence-corrected chi connectivity index (χ0v) is 9.94. The van der Waals surface area contributed by atoms with Crippen molar-refractivity contribution in [2.24, 2.45) is 0 Å². The number of carboxylic acids is 1. The Balaban J connectivity index is 2.64. The Kier molecular flexibility index (Phi) is 5.26. The van der Waals surface area contributed by atoms with Crippen molar-refractivity contribution in [1.82, 2.24) is 10.6 Å². The molecule has 0 saturated carbocycles. The number of amides is 1. The largest absolute Gasteiger partial charge is 0.480 e. The van der Waals surface area contributed by atoms with Crippen LogP contribution in [-0.4, -0.2) is 30.1 Å². The molecule has 0 radical (unpaired) electrons. The number of rotatable bonds is 6. The van der Waals surface area contributed by atoms with E-state index in [2.05, 4.69) is 10.6 Å². The molecule has 0 aliphatic rings. The lowest BCUT2D eigenvalue weighted by molar-refractivity contribution is -0.139. The molecule has 1 rings (SSSR count). The van der Waals surface area contributed by atoms with Crippen molar-refractivity contribution in [3.05, 3.63) is 35.6 Å². The topological polar surface area (TPSA) is 78.4 Å². The van der Waals surface area contributed by atoms with Gasteiger partial charge in [-0.2, -0.15) is 0 Å². The molecule has 1 amide bonds. The molecule has 5 nitrogen and oxygen atoms in total. The molecule has 1 unspecified atom stereocenters. The van der Waals surface area contributed by atoms with E-state index in [-0.39, 0.29) is 24.6 Å². The maximum Gasteiger partial charge on any atom is 0.325 e. The Hall–Kier alpha value is -1.95. The molecule has 0 fully saturated rings. The van der Waals surface area contributed by atoms with Crippen LogP contribution in [0.1, 0.15) is 18.5 Å². The van der Waals surface area contributed by atoms with Crippen LogP contribution in [0.4, 0.5) is 4.39 Å². The predicted molar refractivity (Wildman–Crippen MR) is 63.5 cm³/mol. The number of hydrogen-bond donors (Lipinski definition) is 3. The molecule has 0 heterocycles. The first-order chi connectivity index (χ1) is 8.52. The van der Waals surface area contributed by atoms with Crippen LogP contribution in [0.5, 0.6) is 0 Å². The van der Waals surface area contributed by atoms with E-state index >= 15 is 0 Å². The lowest BCUT2D eigenvalue weighted by Gasteiger charge is -2.15. The van der Waals surface area contributed by atoms with Crippen LogP contribution < -0.4 is 10.6 Å². The average Bonchev–Trinajstić information content (AvgIpc) is 2.30. The summed E-state index contributed by atoms with van der Waals surface area (Å²) in [6.45, 7) is 1.89. The molecular weight excluding hydrogens is 239 g/mol. The Labute approximate surface area is 104 Å². The molecule has 18 heavy (non-hydrogen) atoms. The fraction of sp³-hybridized carbons (Fsp3) is 0.333. The molecule has 0 aliphatic heterocycles. The van der Waals surface area contributed by atoms with E-state index in [0.717, 1.165) is 0 Å². The maximum absolute atomic E-state index is 13.5. The minimum Gasteiger partial charge on any atom is -0.480 e. The van der Waals surface area contributed by atoms with Crippen LogP contribution >= 0.6 is 0 Å². The van der Waals surface area contributed by atoms with E-state index in [1.54, 1.807) is 6.07 Å². The second-order valence-corrected chi connectivity index (χ2v) is 3.73. The molecule has 6 heteroatoms. The molecule has 1 aromatic rings. The Bertz CT molecular complexity index is 437. The second kappa shape index (κ2) is 6.70. The third-order valence-corrected chi connectivity index (χ3v) is 2.31. The summed E-state index contributed by atoms with van der Waals surface area (Å²) in [5.74, 6) is -1.94. The summed E-state index contributed by atoms with van der Waals surface area (Å²) >= 11 is 0. The van der Waals surface area contributed by atoms with Gasteiger partial charge >= 0.3 is 5.97 Å². The van der Waals surface area contributed by atoms with Crippen molar-refractivity contribution in [3.63, 3.8) is 0 Å². The zero-order chi connectivity index (χ0) is 13.5. The summed E-state index contributed by atoms with van der Waals surface area (Å²) in [4.78, 5) is 21.7. The van der Waals surface area contributed by atoms with Crippen molar-refractivity contribution in [3.8, 4) is 0 Å². The first-order valence-corrected chi connectivity index (χ1v) is 5.47. The van der Waals surface area contributed by atoms with E-state index < -0.39 is 17.8 Å². The quantitative estimate of drug-likeness (QED) is 0.652. The van der Waals surface area contributed by atoms with E-state index in [1.165, 1.54) is 25.1 Å². The van der Waals surface area contributed by atoms with Crippen LogP contribution in [0, 0.1) is 5.82 Å². The minimum absolute atomic E-state index is 0.0767. The standard InChI is InChI=1S/C12H15FN2O3/c1-8(16)14-6-7-15-11(12(17)18)9-4-2-3-5-10(9)13/h2-5,11,15H,6-7H2,1H3,(H,14,16)(H,17,18). The van der Waals surface area contributed by atoms with Gasteiger partial charge in [0.1, 0.15) is 11.9 Å². The maximum atomic E-state index is 13.5. The summed E-state index contributed by atoms with van der Waals surface area (Å²) in [5.41, 5.74) is 0.0767. The van der Waals surface area contributed by atoms with Gasteiger partial charge in [0, 0.05) is 25.6 Å². The minimum atomic E-state index is -1.16. The monoisotopic (exact) mass is 254 g/mol. The van der Waals surface area contributed by atoms with Gasteiger partial charge < -0.3 is 10.4 Å². The van der Waals surface area contributed by atoms with Gasteiger partial charge in [-0.1, -0.05) is 18.2 Å². The normalized spacial score (nSPS) is 11.9. The van der Waals surface area contributed by atoms with E-state index in [1.807, 2.05) is 0 Å². The summed E-state index contributed by atoms with van der Waals surface area (Å²) < 4.78 is 13.5. The first kappa shape index (κ1) is 14.1. The summed E-state index contributed by atoms with van der Waals surface area (Å²) in [7, 11) is 0. The number of aliphatic carboxylic acids is 1. The molecule has 1 aromatic carbocycles. The zero-order valence-electron chi connectivity index (χ0n) is 9.94. The smallest absolute Gasteiger partial charge is 0.325 e. The summed E-state index contributed by atoms with van der Waals surface area (Å²) in [5, 5.41) is 14.2. The third kappa shape index (κ3) is 4.14. The molecule has 0 saturated heterocycles. The van der Waals surface area contributed by atoms with Crippen molar-refractivity contribution in [1.29, 1.82) is 0 Å². The highest BCUT2D eigenvalue weighted by Gasteiger charge is 2.21. The molecule has 0 aromatic heterocycles. The highest BCUT2D eigenvalue weighted by atomic mass is 19.1. The molecule has 1 atom stereocenters. The van der Waals surface area contributed by atoms with Crippen LogP contribution in [0.3, 0.4) is 0 Å². The van der Waals surface area contributed by atoms with Crippen LogP contribution in [0.15, 0.2) is 24.3 Å². The summed E-state index contributed by atoms with van der Waals surface area (Å²) in [6.07, 6.45) is 0. The van der Waals surface area contributed by atoms with Gasteiger partial charge in [-0.25, -0.2) is 4.39 Å². The highest BCUT2D eigenvalue weighted by Crippen LogP contribution is 2.16. The van der Waals surface area contributed by atoms with E-state index in [0.29, 0.717) is 0 Å². The van der Waals surface area contributed by atoms with E-state index in [4.69, 9.17) is 5.11 Å². The molecule has 0 bridgehead atoms. The Morgan fingerprint density at radius 2 is 2.00 bits per heavy atom. The second-order valence-electron chi connectivity index (χ2n) is 3.73. The lowest BCUT2D eigenvalue weighted by Crippen LogP contribution is -2.35. The molecule has 0 aliphatic carbocycles. The number of benzene rings is 1. The third-order valence-electron chi connectivity index (χ3n) is 2.31. The first-order valence-electron chi connectivity index (χ1n) is 5.47. The summed E-state index contributed by atoms with van der Waals surface area (Å²) in [6, 6.07) is 4.57. The molecular formula is C12H15FN2O3. The van der Waals surface area contributed by atoms with Crippen molar-refractivity contribution in [2.75, 3.05) is 13.1 Å². The van der Waals surface area contributed by atoms with Gasteiger partial charge in [-0.3, -0.25) is 14.9 Å². The Morgan fingerprint density at radius 1 is 1.33 bits per heavy atom. The predicted octanol–water partition coefficient (Wildman–Crippen LogP) is 0.677. The molecule has 0 spiro atoms. The fourth-order valence-corrected chi connectivity index (χ4v) is 1.49. The molecule has 98 valence electrons. The fourth-order valence-electron chi connectivity index (χ4n) is 1.49. The van der Waals surface area contributed by atoms with Gasteiger partial charge in [-0.05, 0) is 6.07 Å². The van der Waals surface area contributed by atoms with Gasteiger partial charge in [0.05, 0.1) is 0 Å². The van der Waals surface area contributed by atoms with Crippen molar-refractivity contribution >= 4 is 11.9 Å². The van der Waals surface area contributed by atoms with Crippen LogP contribution in [-0.2, 0) is 9.59 Å². The number of nitrogens with one attached hydrogen (secondary N) is 2. The SMILES string of the molecule is CC(=O)NCCNC(C(=O)O)c1ccccc1F. The van der Waals surface area contributed by atoms with Gasteiger partial charge in [-0.15, -0.1) is 0 Å². The number of halogens is 1. The van der Waals surface area contributed by atoms with Crippen LogP contribution in [0.2, 0.25) is 0 Å².